The van der Waals surface area contributed by atoms with Crippen LogP contribution in [0, 0.1) is 23.7 Å². The number of aliphatic hydroxyl groups is 1. The SMILES string of the molecule is CCC(C)CCCCCCCCCCCCCCCCCCCCC(=O)O[C@H](COC(=O)CCCCCCCCCCCCCCCC(C)C)COP(=O)(O)OC[C@@H](O)COP(=O)(O)OC[C@@H](COC(=O)CCCCCCCCC(C)C)OC(=O)CCCCCCCCCCCCC(C)CC. The molecule has 0 bridgehead atoms. The fourth-order valence-corrected chi connectivity index (χ4v) is 14.1. The third kappa shape index (κ3) is 73.4. The zero-order valence-electron chi connectivity index (χ0n) is 66.5. The zero-order valence-corrected chi connectivity index (χ0v) is 68.3. The molecule has 0 fully saturated rings. The summed E-state index contributed by atoms with van der Waals surface area (Å²) >= 11 is 0. The molecule has 4 unspecified atom stereocenters. The van der Waals surface area contributed by atoms with E-state index in [4.69, 9.17) is 37.0 Å². The number of ether oxygens (including phenoxy) is 4. The number of carbonyl (C=O) groups is 4. The molecule has 0 aliphatic rings. The Morgan fingerprint density at radius 1 is 0.277 bits per heavy atom. The topological polar surface area (TPSA) is 237 Å². The predicted octanol–water partition coefficient (Wildman–Crippen LogP) is 24.4. The summed E-state index contributed by atoms with van der Waals surface area (Å²) in [5.74, 6) is 1.03. The highest BCUT2D eigenvalue weighted by Crippen LogP contribution is 2.45. The van der Waals surface area contributed by atoms with Gasteiger partial charge in [0.2, 0.25) is 0 Å². The molecular formula is C82H160O17P2. The van der Waals surface area contributed by atoms with E-state index in [1.54, 1.807) is 0 Å². The Labute approximate surface area is 619 Å². The molecule has 101 heavy (non-hydrogen) atoms. The van der Waals surface area contributed by atoms with Crippen LogP contribution in [-0.2, 0) is 65.4 Å². The zero-order chi connectivity index (χ0) is 74.6. The van der Waals surface area contributed by atoms with Gasteiger partial charge in [0.15, 0.2) is 12.2 Å². The molecule has 0 amide bonds. The number of esters is 4. The van der Waals surface area contributed by atoms with Crippen molar-refractivity contribution in [3.05, 3.63) is 0 Å². The van der Waals surface area contributed by atoms with Crippen LogP contribution in [0.25, 0.3) is 0 Å². The Balaban J connectivity index is 5.21. The highest BCUT2D eigenvalue weighted by Gasteiger charge is 2.30. The maximum Gasteiger partial charge on any atom is 0.472 e. The third-order valence-electron chi connectivity index (χ3n) is 19.8. The summed E-state index contributed by atoms with van der Waals surface area (Å²) in [7, 11) is -9.92. The van der Waals surface area contributed by atoms with Crippen LogP contribution in [0.2, 0.25) is 0 Å². The molecule has 3 N–H and O–H groups in total. The van der Waals surface area contributed by atoms with Gasteiger partial charge in [-0.2, -0.15) is 0 Å². The van der Waals surface area contributed by atoms with Crippen molar-refractivity contribution < 1.29 is 80.2 Å². The highest BCUT2D eigenvalue weighted by atomic mass is 31.2. The van der Waals surface area contributed by atoms with Crippen LogP contribution in [0.5, 0.6) is 0 Å². The second-order valence-electron chi connectivity index (χ2n) is 31.0. The number of hydrogen-bond acceptors (Lipinski definition) is 15. The molecule has 19 heteroatoms. The highest BCUT2D eigenvalue weighted by molar-refractivity contribution is 7.47. The van der Waals surface area contributed by atoms with Gasteiger partial charge in [-0.3, -0.25) is 37.3 Å². The van der Waals surface area contributed by atoms with Crippen molar-refractivity contribution in [1.82, 2.24) is 0 Å². The molecule has 0 heterocycles. The summed E-state index contributed by atoms with van der Waals surface area (Å²) in [5.41, 5.74) is 0. The van der Waals surface area contributed by atoms with Crippen molar-refractivity contribution in [1.29, 1.82) is 0 Å². The number of rotatable bonds is 79. The molecule has 17 nitrogen and oxygen atoms in total. The van der Waals surface area contributed by atoms with Crippen LogP contribution in [0.1, 0.15) is 421 Å². The quantitative estimate of drug-likeness (QED) is 0.0222. The average Bonchev–Trinajstić information content (AvgIpc) is 1.41. The molecule has 0 rings (SSSR count). The first kappa shape index (κ1) is 99.1. The maximum atomic E-state index is 13.1. The number of hydrogen-bond donors (Lipinski definition) is 3. The first-order valence-electron chi connectivity index (χ1n) is 42.3. The molecule has 7 atom stereocenters. The van der Waals surface area contributed by atoms with E-state index < -0.39 is 97.5 Å². The minimum Gasteiger partial charge on any atom is -0.462 e. The van der Waals surface area contributed by atoms with Crippen molar-refractivity contribution in [3.63, 3.8) is 0 Å². The van der Waals surface area contributed by atoms with E-state index in [9.17, 15) is 43.2 Å². The van der Waals surface area contributed by atoms with Crippen LogP contribution in [0.3, 0.4) is 0 Å². The standard InChI is InChI=1S/C82H160O17P2/c1-9-74(7)60-52-44-35-29-23-19-15-13-11-12-14-16-20-25-32-38-48-56-64-81(86)98-77(68-92-79(84)62-54-46-37-31-24-21-17-18-22-28-34-42-50-58-72(3)4)70-96-100(88,89)94-66-76(83)67-95-101(90,91)97-71-78(69-93-80(85)63-55-47-41-40-43-51-59-73(5)6)99-82(87)65-57-49-39-33-27-26-30-36-45-53-61-75(8)10-2/h72-78,83H,9-71H2,1-8H3,(H,88,89)(H,90,91)/t74?,75?,76-,77-,78-/m1/s1. The Bertz CT molecular complexity index is 1980. The Hall–Kier alpha value is -1.94. The van der Waals surface area contributed by atoms with Crippen molar-refractivity contribution in [2.24, 2.45) is 23.7 Å². The lowest BCUT2D eigenvalue weighted by Gasteiger charge is -2.21. The molecule has 0 saturated carbocycles. The Morgan fingerprint density at radius 2 is 0.475 bits per heavy atom. The van der Waals surface area contributed by atoms with Crippen LogP contribution < -0.4 is 0 Å². The molecule has 0 spiro atoms. The first-order chi connectivity index (χ1) is 48.7. The van der Waals surface area contributed by atoms with Crippen molar-refractivity contribution >= 4 is 39.5 Å². The minimum atomic E-state index is -4.96. The van der Waals surface area contributed by atoms with E-state index in [2.05, 4.69) is 55.4 Å². The van der Waals surface area contributed by atoms with E-state index in [-0.39, 0.29) is 25.7 Å². The summed E-state index contributed by atoms with van der Waals surface area (Å²) in [5, 5.41) is 10.6. The van der Waals surface area contributed by atoms with Gasteiger partial charge in [-0.1, -0.05) is 370 Å². The summed E-state index contributed by atoms with van der Waals surface area (Å²) in [6.45, 7) is 14.3. The monoisotopic (exact) mass is 1480 g/mol. The number of unbranched alkanes of at least 4 members (excludes halogenated alkanes) is 43. The second kappa shape index (κ2) is 71.0. The van der Waals surface area contributed by atoms with Gasteiger partial charge >= 0.3 is 39.5 Å². The largest absolute Gasteiger partial charge is 0.472 e. The second-order valence-corrected chi connectivity index (χ2v) is 33.9. The summed E-state index contributed by atoms with van der Waals surface area (Å²) in [6, 6.07) is 0. The van der Waals surface area contributed by atoms with Gasteiger partial charge in [0.1, 0.15) is 19.3 Å². The molecular weight excluding hydrogens is 1320 g/mol. The van der Waals surface area contributed by atoms with Gasteiger partial charge in [-0.05, 0) is 49.4 Å². The fourth-order valence-electron chi connectivity index (χ4n) is 12.5. The predicted molar refractivity (Wildman–Crippen MR) is 414 cm³/mol. The van der Waals surface area contributed by atoms with Gasteiger partial charge in [-0.25, -0.2) is 9.13 Å². The van der Waals surface area contributed by atoms with Gasteiger partial charge < -0.3 is 33.8 Å². The molecule has 0 aromatic rings. The number of carbonyl (C=O) groups excluding carboxylic acids is 4. The molecule has 600 valence electrons. The Morgan fingerprint density at radius 3 is 0.703 bits per heavy atom. The lowest BCUT2D eigenvalue weighted by Crippen LogP contribution is -2.30. The maximum absolute atomic E-state index is 13.1. The van der Waals surface area contributed by atoms with E-state index in [1.165, 1.54) is 218 Å². The number of phosphoric acid groups is 2. The van der Waals surface area contributed by atoms with E-state index in [0.717, 1.165) is 114 Å². The van der Waals surface area contributed by atoms with Crippen molar-refractivity contribution in [3.8, 4) is 0 Å². The molecule has 0 radical (unpaired) electrons. The van der Waals surface area contributed by atoms with Gasteiger partial charge in [0.05, 0.1) is 26.4 Å². The fraction of sp³-hybridized carbons (Fsp3) is 0.951. The van der Waals surface area contributed by atoms with Crippen LogP contribution in [0.15, 0.2) is 0 Å². The summed E-state index contributed by atoms with van der Waals surface area (Å²) in [4.78, 5) is 73.0. The molecule has 0 aliphatic carbocycles. The van der Waals surface area contributed by atoms with E-state index in [0.29, 0.717) is 31.6 Å². The van der Waals surface area contributed by atoms with Gasteiger partial charge in [-0.15, -0.1) is 0 Å². The lowest BCUT2D eigenvalue weighted by molar-refractivity contribution is -0.161. The normalized spacial score (nSPS) is 14.5. The molecule has 0 saturated heterocycles. The van der Waals surface area contributed by atoms with Crippen LogP contribution in [0.4, 0.5) is 0 Å². The van der Waals surface area contributed by atoms with Crippen LogP contribution >= 0.6 is 15.6 Å². The van der Waals surface area contributed by atoms with E-state index in [1.807, 2.05) is 0 Å². The van der Waals surface area contributed by atoms with Crippen LogP contribution in [-0.4, -0.2) is 96.7 Å². The van der Waals surface area contributed by atoms with Crippen molar-refractivity contribution in [2.45, 2.75) is 440 Å². The summed E-state index contributed by atoms with van der Waals surface area (Å²) < 4.78 is 68.7. The molecule has 0 aromatic heterocycles. The van der Waals surface area contributed by atoms with E-state index >= 15 is 0 Å². The molecule has 0 aliphatic heterocycles. The smallest absolute Gasteiger partial charge is 0.462 e. The first-order valence-corrected chi connectivity index (χ1v) is 45.3. The number of phosphoric ester groups is 2. The summed E-state index contributed by atoms with van der Waals surface area (Å²) in [6.07, 6.45) is 58.4. The minimum absolute atomic E-state index is 0.105. The average molecular weight is 1480 g/mol. The van der Waals surface area contributed by atoms with Gasteiger partial charge in [0.25, 0.3) is 0 Å². The number of aliphatic hydroxyl groups excluding tert-OH is 1. The van der Waals surface area contributed by atoms with Gasteiger partial charge in [0, 0.05) is 25.7 Å². The van der Waals surface area contributed by atoms with Crippen molar-refractivity contribution in [2.75, 3.05) is 39.6 Å². The molecule has 0 aromatic carbocycles. The lowest BCUT2D eigenvalue weighted by atomic mass is 9.99. The Kier molecular flexibility index (Phi) is 69.6. The third-order valence-corrected chi connectivity index (χ3v) is 21.7.